The van der Waals surface area contributed by atoms with Gasteiger partial charge in [0.05, 0.1) is 26.4 Å². The van der Waals surface area contributed by atoms with E-state index in [9.17, 15) is 0 Å². The number of nitrogens with zero attached hydrogens (tertiary/aromatic N) is 2. The molecule has 0 saturated carbocycles. The Morgan fingerprint density at radius 3 is 1.46 bits per heavy atom. The van der Waals surface area contributed by atoms with Crippen LogP contribution < -0.4 is 32.7 Å². The molecule has 226 valence electrons. The van der Waals surface area contributed by atoms with Crippen LogP contribution in [0.1, 0.15) is 32.6 Å². The van der Waals surface area contributed by atoms with Crippen molar-refractivity contribution in [1.82, 2.24) is 31.1 Å². The Labute approximate surface area is 226 Å². The van der Waals surface area contributed by atoms with E-state index < -0.39 is 0 Å². The molecule has 12 N–H and O–H groups in total. The van der Waals surface area contributed by atoms with E-state index in [4.69, 9.17) is 31.9 Å². The fourth-order valence-electron chi connectivity index (χ4n) is 3.89. The summed E-state index contributed by atoms with van der Waals surface area (Å²) in [6, 6.07) is 0.916. The van der Waals surface area contributed by atoms with Gasteiger partial charge >= 0.3 is 0 Å². The van der Waals surface area contributed by atoms with Crippen molar-refractivity contribution in [3.63, 3.8) is 0 Å². The van der Waals surface area contributed by atoms with Crippen LogP contribution in [0, 0.1) is 0 Å². The number of piperazine rings is 1. The number of aliphatic hydroxyl groups is 4. The summed E-state index contributed by atoms with van der Waals surface area (Å²) in [5.41, 5.74) is 9.56. The summed E-state index contributed by atoms with van der Waals surface area (Å²) < 4.78 is 0. The SMILES string of the molecule is C1CCN(C2CCNCC2)C1.CCN1CCNCC1.NCCO.NCCO.OCCNCCNCCO. The highest BCUT2D eigenvalue weighted by molar-refractivity contribution is 4.80. The molecular weight excluding hydrogens is 476 g/mol. The summed E-state index contributed by atoms with van der Waals surface area (Å²) in [7, 11) is 0. The van der Waals surface area contributed by atoms with Crippen LogP contribution in [0.15, 0.2) is 0 Å². The van der Waals surface area contributed by atoms with Gasteiger partial charge in [-0.3, -0.25) is 0 Å². The highest BCUT2D eigenvalue weighted by Crippen LogP contribution is 2.17. The predicted octanol–water partition coefficient (Wildman–Crippen LogP) is -3.23. The topological polar surface area (TPSA) is 188 Å². The average molecular weight is 539 g/mol. The maximum Gasteiger partial charge on any atom is 0.0555 e. The van der Waals surface area contributed by atoms with Gasteiger partial charge in [0.2, 0.25) is 0 Å². The lowest BCUT2D eigenvalue weighted by Crippen LogP contribution is -2.43. The first-order valence-electron chi connectivity index (χ1n) is 14.3. The van der Waals surface area contributed by atoms with Gasteiger partial charge in [-0.1, -0.05) is 6.92 Å². The molecular formula is C25H62N8O4. The second kappa shape index (κ2) is 33.5. The van der Waals surface area contributed by atoms with Gasteiger partial charge in [-0.2, -0.15) is 0 Å². The molecule has 12 heteroatoms. The van der Waals surface area contributed by atoms with Gasteiger partial charge < -0.3 is 63.0 Å². The minimum absolute atomic E-state index is 0.0972. The normalized spacial score (nSPS) is 18.2. The van der Waals surface area contributed by atoms with Crippen LogP contribution in [0.3, 0.4) is 0 Å². The third kappa shape index (κ3) is 28.4. The molecule has 3 aliphatic heterocycles. The Kier molecular flexibility index (Phi) is 35.1. The van der Waals surface area contributed by atoms with Gasteiger partial charge in [0.15, 0.2) is 0 Å². The van der Waals surface area contributed by atoms with E-state index in [1.54, 1.807) is 0 Å². The van der Waals surface area contributed by atoms with Crippen LogP contribution >= 0.6 is 0 Å². The molecule has 0 radical (unpaired) electrons. The molecule has 0 aromatic heterocycles. The molecule has 0 amide bonds. The van der Waals surface area contributed by atoms with Gasteiger partial charge in [0.25, 0.3) is 0 Å². The summed E-state index contributed by atoms with van der Waals surface area (Å²) >= 11 is 0. The molecule has 3 fully saturated rings. The molecule has 0 unspecified atom stereocenters. The summed E-state index contributed by atoms with van der Waals surface area (Å²) in [5, 5.41) is 44.9. The maximum absolute atomic E-state index is 8.35. The first-order chi connectivity index (χ1) is 18.1. The van der Waals surface area contributed by atoms with E-state index in [0.717, 1.165) is 19.1 Å². The minimum Gasteiger partial charge on any atom is -0.395 e. The number of likely N-dealkylation sites (tertiary alicyclic amines) is 1. The molecule has 0 spiro atoms. The van der Waals surface area contributed by atoms with Crippen molar-refractivity contribution in [1.29, 1.82) is 0 Å². The van der Waals surface area contributed by atoms with E-state index in [-0.39, 0.29) is 26.4 Å². The number of likely N-dealkylation sites (N-methyl/N-ethyl adjacent to an activating group) is 1. The van der Waals surface area contributed by atoms with Crippen LogP contribution in [0.4, 0.5) is 0 Å². The van der Waals surface area contributed by atoms with Crippen molar-refractivity contribution in [3.05, 3.63) is 0 Å². The lowest BCUT2D eigenvalue weighted by Gasteiger charge is -2.31. The van der Waals surface area contributed by atoms with E-state index in [1.165, 1.54) is 84.6 Å². The van der Waals surface area contributed by atoms with E-state index in [1.807, 2.05) is 0 Å². The first-order valence-corrected chi connectivity index (χ1v) is 14.3. The van der Waals surface area contributed by atoms with Crippen LogP contribution in [0.5, 0.6) is 0 Å². The zero-order valence-electron chi connectivity index (χ0n) is 23.7. The van der Waals surface area contributed by atoms with Crippen molar-refractivity contribution < 1.29 is 20.4 Å². The van der Waals surface area contributed by atoms with E-state index >= 15 is 0 Å². The fourth-order valence-corrected chi connectivity index (χ4v) is 3.89. The number of piperidine rings is 1. The summed E-state index contributed by atoms with van der Waals surface area (Å²) in [6.07, 6.45) is 5.62. The largest absolute Gasteiger partial charge is 0.395 e. The molecule has 12 nitrogen and oxygen atoms in total. The van der Waals surface area contributed by atoms with Crippen molar-refractivity contribution in [3.8, 4) is 0 Å². The molecule has 0 aromatic carbocycles. The van der Waals surface area contributed by atoms with E-state index in [2.05, 4.69) is 38.0 Å². The van der Waals surface area contributed by atoms with Gasteiger partial charge in [-0.05, 0) is 58.4 Å². The number of aliphatic hydroxyl groups excluding tert-OH is 4. The zero-order valence-corrected chi connectivity index (χ0v) is 23.7. The molecule has 0 aromatic rings. The van der Waals surface area contributed by atoms with Gasteiger partial charge in [0, 0.05) is 71.5 Å². The smallest absolute Gasteiger partial charge is 0.0555 e. The van der Waals surface area contributed by atoms with Crippen LogP contribution in [0.25, 0.3) is 0 Å². The van der Waals surface area contributed by atoms with E-state index in [0.29, 0.717) is 26.2 Å². The summed E-state index contributed by atoms with van der Waals surface area (Å²) in [5.74, 6) is 0. The minimum atomic E-state index is 0.0972. The molecule has 0 atom stereocenters. The monoisotopic (exact) mass is 538 g/mol. The van der Waals surface area contributed by atoms with Gasteiger partial charge in [-0.25, -0.2) is 0 Å². The van der Waals surface area contributed by atoms with Gasteiger partial charge in [0.1, 0.15) is 0 Å². The Bertz CT molecular complexity index is 383. The Morgan fingerprint density at radius 2 is 1.11 bits per heavy atom. The third-order valence-corrected chi connectivity index (χ3v) is 5.94. The molecule has 3 saturated heterocycles. The molecule has 0 aliphatic carbocycles. The summed E-state index contributed by atoms with van der Waals surface area (Å²) in [6.45, 7) is 17.7. The lowest BCUT2D eigenvalue weighted by atomic mass is 10.1. The predicted molar refractivity (Wildman–Crippen MR) is 154 cm³/mol. The van der Waals surface area contributed by atoms with Crippen molar-refractivity contribution in [2.45, 2.75) is 38.6 Å². The average Bonchev–Trinajstić information content (AvgIpc) is 3.52. The standard InChI is InChI=1S/C9H18N2.C6H16N2O2.C6H14N2.2C2H7NO/c1-2-8-11(7-1)9-3-5-10-6-4-9;9-5-3-7-1-2-8-4-6-10;1-2-8-5-3-7-4-6-8;2*3-1-2-4/h9-10H,1-8H2;7-10H,1-6H2;7H,2-6H2,1H3;2*4H,1-3H2. The van der Waals surface area contributed by atoms with Crippen LogP contribution in [-0.2, 0) is 0 Å². The number of hydrogen-bond acceptors (Lipinski definition) is 12. The van der Waals surface area contributed by atoms with Gasteiger partial charge in [-0.15, -0.1) is 0 Å². The van der Waals surface area contributed by atoms with Crippen molar-refractivity contribution in [2.24, 2.45) is 11.5 Å². The Balaban J connectivity index is 0. The summed E-state index contributed by atoms with van der Waals surface area (Å²) in [4.78, 5) is 5.14. The molecule has 3 rings (SSSR count). The van der Waals surface area contributed by atoms with Crippen LogP contribution in [-0.4, -0.2) is 161 Å². The van der Waals surface area contributed by atoms with Crippen molar-refractivity contribution >= 4 is 0 Å². The number of rotatable bonds is 11. The number of nitrogens with one attached hydrogen (secondary N) is 4. The molecule has 3 aliphatic rings. The second-order valence-electron chi connectivity index (χ2n) is 8.88. The fraction of sp³-hybridized carbons (Fsp3) is 1.00. The molecule has 3 heterocycles. The second-order valence-corrected chi connectivity index (χ2v) is 8.88. The maximum atomic E-state index is 8.35. The Morgan fingerprint density at radius 1 is 0.676 bits per heavy atom. The highest BCUT2D eigenvalue weighted by Gasteiger charge is 2.22. The first kappa shape index (κ1) is 38.7. The molecule has 37 heavy (non-hydrogen) atoms. The van der Waals surface area contributed by atoms with Crippen molar-refractivity contribution in [2.75, 3.05) is 125 Å². The number of hydrogen-bond donors (Lipinski definition) is 10. The number of nitrogens with two attached hydrogens (primary N) is 2. The van der Waals surface area contributed by atoms with Crippen LogP contribution in [0.2, 0.25) is 0 Å². The quantitative estimate of drug-likeness (QED) is 0.119. The molecule has 0 bridgehead atoms. The third-order valence-electron chi connectivity index (χ3n) is 5.94. The lowest BCUT2D eigenvalue weighted by molar-refractivity contribution is 0.199. The Hall–Kier alpha value is -0.480. The highest BCUT2D eigenvalue weighted by atomic mass is 16.3. The zero-order chi connectivity index (χ0) is 27.8.